The molecule has 7 heteroatoms. The highest BCUT2D eigenvalue weighted by Crippen LogP contribution is 2.12. The number of benzene rings is 2. The Labute approximate surface area is 155 Å². The lowest BCUT2D eigenvalue weighted by Crippen LogP contribution is -2.29. The van der Waals surface area contributed by atoms with E-state index in [1.165, 1.54) is 37.3 Å². The van der Waals surface area contributed by atoms with Crippen LogP contribution in [0, 0.1) is 0 Å². The number of carbonyl (C=O) groups excluding carboxylic acids is 3. The summed E-state index contributed by atoms with van der Waals surface area (Å²) in [6.45, 7) is 1.46. The molecule has 0 aliphatic rings. The fourth-order valence-corrected chi connectivity index (χ4v) is 2.20. The summed E-state index contributed by atoms with van der Waals surface area (Å²) >= 11 is 5.86. The second-order valence-corrected chi connectivity index (χ2v) is 5.83. The minimum absolute atomic E-state index is 0.327. The normalized spacial score (nSPS) is 11.8. The van der Waals surface area contributed by atoms with Gasteiger partial charge in [0.25, 0.3) is 5.91 Å². The SMILES string of the molecule is CC(OC(=O)/C=C/c1cccc(Cl)c1)C(=O)Nc1ccc(C(N)=O)cc1. The maximum Gasteiger partial charge on any atom is 0.331 e. The molecule has 1 unspecified atom stereocenters. The Kier molecular flexibility index (Phi) is 6.52. The van der Waals surface area contributed by atoms with Crippen molar-refractivity contribution in [2.75, 3.05) is 5.32 Å². The number of rotatable bonds is 6. The minimum Gasteiger partial charge on any atom is -0.449 e. The van der Waals surface area contributed by atoms with Crippen molar-refractivity contribution in [3.8, 4) is 0 Å². The summed E-state index contributed by atoms with van der Waals surface area (Å²) in [7, 11) is 0. The van der Waals surface area contributed by atoms with Crippen LogP contribution in [0.25, 0.3) is 6.08 Å². The predicted octanol–water partition coefficient (Wildman–Crippen LogP) is 3.02. The molecule has 3 N–H and O–H groups in total. The van der Waals surface area contributed by atoms with E-state index in [-0.39, 0.29) is 0 Å². The van der Waals surface area contributed by atoms with Crippen LogP contribution < -0.4 is 11.1 Å². The molecule has 134 valence electrons. The highest BCUT2D eigenvalue weighted by atomic mass is 35.5. The molecule has 2 aromatic rings. The van der Waals surface area contributed by atoms with Gasteiger partial charge in [0.1, 0.15) is 0 Å². The average molecular weight is 373 g/mol. The van der Waals surface area contributed by atoms with E-state index in [4.69, 9.17) is 22.1 Å². The lowest BCUT2D eigenvalue weighted by molar-refractivity contribution is -0.148. The average Bonchev–Trinajstić information content (AvgIpc) is 2.60. The molecule has 26 heavy (non-hydrogen) atoms. The number of hydrogen-bond donors (Lipinski definition) is 2. The van der Waals surface area contributed by atoms with Gasteiger partial charge in [-0.1, -0.05) is 23.7 Å². The second-order valence-electron chi connectivity index (χ2n) is 5.40. The van der Waals surface area contributed by atoms with Crippen molar-refractivity contribution in [3.05, 3.63) is 70.8 Å². The third-order valence-corrected chi connectivity index (χ3v) is 3.59. The van der Waals surface area contributed by atoms with Gasteiger partial charge in [-0.15, -0.1) is 0 Å². The Morgan fingerprint density at radius 1 is 1.15 bits per heavy atom. The van der Waals surface area contributed by atoms with Crippen molar-refractivity contribution in [1.29, 1.82) is 0 Å². The van der Waals surface area contributed by atoms with E-state index in [1.807, 2.05) is 0 Å². The number of hydrogen-bond acceptors (Lipinski definition) is 4. The lowest BCUT2D eigenvalue weighted by Gasteiger charge is -2.12. The van der Waals surface area contributed by atoms with Crippen molar-refractivity contribution >= 4 is 41.1 Å². The number of carbonyl (C=O) groups is 3. The molecule has 0 bridgehead atoms. The third kappa shape index (κ3) is 5.75. The maximum atomic E-state index is 12.1. The summed E-state index contributed by atoms with van der Waals surface area (Å²) in [5.41, 5.74) is 6.67. The van der Waals surface area contributed by atoms with Crippen LogP contribution in [0.5, 0.6) is 0 Å². The van der Waals surface area contributed by atoms with Crippen molar-refractivity contribution in [3.63, 3.8) is 0 Å². The summed E-state index contributed by atoms with van der Waals surface area (Å²) in [6, 6.07) is 13.0. The molecule has 6 nitrogen and oxygen atoms in total. The number of primary amides is 1. The van der Waals surface area contributed by atoms with Crippen molar-refractivity contribution in [2.45, 2.75) is 13.0 Å². The zero-order valence-electron chi connectivity index (χ0n) is 13.9. The molecule has 0 aliphatic carbocycles. The van der Waals surface area contributed by atoms with Crippen LogP contribution in [0.2, 0.25) is 5.02 Å². The predicted molar refractivity (Wildman–Crippen MR) is 99.6 cm³/mol. The molecular weight excluding hydrogens is 356 g/mol. The van der Waals surface area contributed by atoms with E-state index in [9.17, 15) is 14.4 Å². The van der Waals surface area contributed by atoms with Crippen LogP contribution in [0.15, 0.2) is 54.6 Å². The number of nitrogens with two attached hydrogens (primary N) is 1. The fourth-order valence-electron chi connectivity index (χ4n) is 2.00. The lowest BCUT2D eigenvalue weighted by atomic mass is 10.2. The summed E-state index contributed by atoms with van der Waals surface area (Å²) < 4.78 is 5.05. The van der Waals surface area contributed by atoms with Crippen LogP contribution in [0.3, 0.4) is 0 Å². The van der Waals surface area contributed by atoms with Gasteiger partial charge < -0.3 is 15.8 Å². The number of ether oxygens (including phenoxy) is 1. The summed E-state index contributed by atoms with van der Waals surface area (Å²) in [4.78, 5) is 34.9. The number of esters is 1. The Bertz CT molecular complexity index is 847. The van der Waals surface area contributed by atoms with Gasteiger partial charge >= 0.3 is 5.97 Å². The van der Waals surface area contributed by atoms with Gasteiger partial charge in [0.15, 0.2) is 6.10 Å². The molecular formula is C19H17ClN2O4. The van der Waals surface area contributed by atoms with Crippen molar-refractivity contribution in [2.24, 2.45) is 5.73 Å². The fraction of sp³-hybridized carbons (Fsp3) is 0.105. The first-order chi connectivity index (χ1) is 12.3. The summed E-state index contributed by atoms with van der Waals surface area (Å²) in [5.74, 6) is -1.71. The highest BCUT2D eigenvalue weighted by Gasteiger charge is 2.16. The first kappa shape index (κ1) is 19.2. The number of amides is 2. The summed E-state index contributed by atoms with van der Waals surface area (Å²) in [6.07, 6.45) is 1.76. The van der Waals surface area contributed by atoms with E-state index >= 15 is 0 Å². The van der Waals surface area contributed by atoms with Gasteiger partial charge in [0.05, 0.1) is 0 Å². The first-order valence-corrected chi connectivity index (χ1v) is 8.08. The first-order valence-electron chi connectivity index (χ1n) is 7.70. The maximum absolute atomic E-state index is 12.1. The minimum atomic E-state index is -0.998. The quantitative estimate of drug-likeness (QED) is 0.601. The van der Waals surface area contributed by atoms with E-state index in [0.29, 0.717) is 16.3 Å². The molecule has 0 radical (unpaired) electrons. The number of anilines is 1. The Hall–Kier alpha value is -3.12. The molecule has 1 atom stereocenters. The van der Waals surface area contributed by atoms with Crippen LogP contribution in [-0.2, 0) is 14.3 Å². The summed E-state index contributed by atoms with van der Waals surface area (Å²) in [5, 5.41) is 3.14. The molecule has 0 fully saturated rings. The monoisotopic (exact) mass is 372 g/mol. The van der Waals surface area contributed by atoms with Crippen molar-refractivity contribution < 1.29 is 19.1 Å². The third-order valence-electron chi connectivity index (χ3n) is 3.36. The topological polar surface area (TPSA) is 98.5 Å². The molecule has 0 spiro atoms. The van der Waals surface area contributed by atoms with Gasteiger partial charge in [-0.2, -0.15) is 0 Å². The molecule has 0 aromatic heterocycles. The highest BCUT2D eigenvalue weighted by molar-refractivity contribution is 6.30. The second kappa shape index (κ2) is 8.82. The van der Waals surface area contributed by atoms with Crippen molar-refractivity contribution in [1.82, 2.24) is 0 Å². The van der Waals surface area contributed by atoms with Gasteiger partial charge in [-0.25, -0.2) is 4.79 Å². The Morgan fingerprint density at radius 3 is 2.46 bits per heavy atom. The van der Waals surface area contributed by atoms with Gasteiger partial charge in [0, 0.05) is 22.3 Å². The molecule has 2 rings (SSSR count). The van der Waals surface area contributed by atoms with Crippen LogP contribution >= 0.6 is 11.6 Å². The molecule has 0 saturated carbocycles. The van der Waals surface area contributed by atoms with E-state index < -0.39 is 23.9 Å². The Balaban J connectivity index is 1.89. The molecule has 2 aromatic carbocycles. The largest absolute Gasteiger partial charge is 0.449 e. The smallest absolute Gasteiger partial charge is 0.331 e. The molecule has 2 amide bonds. The van der Waals surface area contributed by atoms with Crippen LogP contribution in [0.1, 0.15) is 22.8 Å². The molecule has 0 saturated heterocycles. The van der Waals surface area contributed by atoms with Gasteiger partial charge in [-0.05, 0) is 55.0 Å². The number of nitrogens with one attached hydrogen (secondary N) is 1. The van der Waals surface area contributed by atoms with Gasteiger partial charge in [0.2, 0.25) is 5.91 Å². The van der Waals surface area contributed by atoms with Crippen LogP contribution in [0.4, 0.5) is 5.69 Å². The number of halogens is 1. The molecule has 0 aliphatic heterocycles. The molecule has 0 heterocycles. The Morgan fingerprint density at radius 2 is 1.85 bits per heavy atom. The van der Waals surface area contributed by atoms with E-state index in [0.717, 1.165) is 5.56 Å². The van der Waals surface area contributed by atoms with E-state index in [2.05, 4.69) is 5.32 Å². The van der Waals surface area contributed by atoms with Gasteiger partial charge in [-0.3, -0.25) is 9.59 Å². The zero-order valence-corrected chi connectivity index (χ0v) is 14.7. The standard InChI is InChI=1S/C19H17ClN2O4/c1-12(19(25)22-16-8-6-14(7-9-16)18(21)24)26-17(23)10-5-13-3-2-4-15(20)11-13/h2-12H,1H3,(H2,21,24)(H,22,25)/b10-5+. The zero-order chi connectivity index (χ0) is 19.1. The van der Waals surface area contributed by atoms with E-state index in [1.54, 1.807) is 30.3 Å². The van der Waals surface area contributed by atoms with Crippen LogP contribution in [-0.4, -0.2) is 23.9 Å².